The van der Waals surface area contributed by atoms with Crippen LogP contribution >= 0.6 is 0 Å². The van der Waals surface area contributed by atoms with Crippen molar-refractivity contribution < 1.29 is 4.79 Å². The van der Waals surface area contributed by atoms with E-state index in [-0.39, 0.29) is 0 Å². The monoisotopic (exact) mass is 388 g/mol. The number of carbonyl (C=O) groups is 1. The summed E-state index contributed by atoms with van der Waals surface area (Å²) >= 11 is 0. The van der Waals surface area contributed by atoms with E-state index in [2.05, 4.69) is 44.6 Å². The summed E-state index contributed by atoms with van der Waals surface area (Å²) in [6, 6.07) is 18.2. The van der Waals surface area contributed by atoms with Crippen LogP contribution in [0.2, 0.25) is 0 Å². The SMILES string of the molecule is CNC=O.Nc1cc(CCCc2ccccc2)cn2nc(-c3ccccn3)nc12. The Bertz CT molecular complexity index is 1050. The molecule has 0 atom stereocenters. The number of carbonyl (C=O) groups excluding carboxylic acids is 1. The highest BCUT2D eigenvalue weighted by Gasteiger charge is 2.10. The molecule has 148 valence electrons. The first kappa shape index (κ1) is 20.0. The summed E-state index contributed by atoms with van der Waals surface area (Å²) in [5, 5.41) is 6.78. The average molecular weight is 388 g/mol. The molecule has 29 heavy (non-hydrogen) atoms. The second kappa shape index (κ2) is 9.98. The van der Waals surface area contributed by atoms with E-state index in [1.165, 1.54) is 11.1 Å². The number of fused-ring (bicyclic) bond motifs is 1. The van der Waals surface area contributed by atoms with Crippen molar-refractivity contribution in [2.75, 3.05) is 12.8 Å². The summed E-state index contributed by atoms with van der Waals surface area (Å²) in [5.41, 5.74) is 10.8. The van der Waals surface area contributed by atoms with Gasteiger partial charge in [0.2, 0.25) is 12.2 Å². The van der Waals surface area contributed by atoms with Crippen LogP contribution in [0.1, 0.15) is 17.5 Å². The van der Waals surface area contributed by atoms with Gasteiger partial charge in [-0.25, -0.2) is 9.50 Å². The van der Waals surface area contributed by atoms with Gasteiger partial charge in [-0.3, -0.25) is 9.78 Å². The molecule has 0 aliphatic carbocycles. The van der Waals surface area contributed by atoms with Crippen LogP contribution in [0.25, 0.3) is 17.2 Å². The molecule has 1 amide bonds. The molecule has 0 radical (unpaired) electrons. The van der Waals surface area contributed by atoms with Crippen LogP contribution in [-0.4, -0.2) is 33.0 Å². The number of hydrogen-bond donors (Lipinski definition) is 2. The van der Waals surface area contributed by atoms with Gasteiger partial charge in [-0.2, -0.15) is 0 Å². The van der Waals surface area contributed by atoms with Crippen molar-refractivity contribution in [3.05, 3.63) is 78.1 Å². The van der Waals surface area contributed by atoms with E-state index in [9.17, 15) is 0 Å². The molecule has 7 heteroatoms. The zero-order valence-corrected chi connectivity index (χ0v) is 16.3. The molecule has 0 saturated heterocycles. The molecule has 0 unspecified atom stereocenters. The number of nitrogens with zero attached hydrogens (tertiary/aromatic N) is 4. The van der Waals surface area contributed by atoms with Gasteiger partial charge in [-0.05, 0) is 48.6 Å². The molecule has 3 heterocycles. The first-order valence-corrected chi connectivity index (χ1v) is 9.42. The quantitative estimate of drug-likeness (QED) is 0.495. The van der Waals surface area contributed by atoms with Crippen molar-refractivity contribution in [3.8, 4) is 11.5 Å². The minimum Gasteiger partial charge on any atom is -0.396 e. The number of pyridine rings is 2. The molecule has 7 nitrogen and oxygen atoms in total. The van der Waals surface area contributed by atoms with Crippen molar-refractivity contribution in [1.29, 1.82) is 0 Å². The molecule has 0 bridgehead atoms. The third-order valence-electron chi connectivity index (χ3n) is 4.30. The average Bonchev–Trinajstić information content (AvgIpc) is 3.20. The highest BCUT2D eigenvalue weighted by Crippen LogP contribution is 2.19. The lowest BCUT2D eigenvalue weighted by Gasteiger charge is -2.04. The lowest BCUT2D eigenvalue weighted by atomic mass is 10.1. The highest BCUT2D eigenvalue weighted by molar-refractivity contribution is 5.67. The van der Waals surface area contributed by atoms with Crippen LogP contribution in [0.3, 0.4) is 0 Å². The van der Waals surface area contributed by atoms with Crippen molar-refractivity contribution in [3.63, 3.8) is 0 Å². The maximum atomic E-state index is 9.06. The van der Waals surface area contributed by atoms with Crippen LogP contribution in [0.5, 0.6) is 0 Å². The molecule has 1 aromatic carbocycles. The number of nitrogens with two attached hydrogens (primary N) is 1. The van der Waals surface area contributed by atoms with Gasteiger partial charge in [0.1, 0.15) is 5.69 Å². The minimum atomic E-state index is 0.591. The Morgan fingerprint density at radius 2 is 1.79 bits per heavy atom. The number of anilines is 1. The van der Waals surface area contributed by atoms with Crippen LogP contribution < -0.4 is 11.1 Å². The van der Waals surface area contributed by atoms with E-state index < -0.39 is 0 Å². The van der Waals surface area contributed by atoms with Crippen molar-refractivity contribution in [1.82, 2.24) is 24.9 Å². The fourth-order valence-electron chi connectivity index (χ4n) is 2.95. The molecule has 3 N–H and O–H groups in total. The van der Waals surface area contributed by atoms with Gasteiger partial charge in [-0.15, -0.1) is 5.10 Å². The molecule has 0 spiro atoms. The number of aryl methyl sites for hydroxylation is 2. The number of nitrogen functional groups attached to an aromatic ring is 1. The van der Waals surface area contributed by atoms with Crippen LogP contribution in [0, 0.1) is 0 Å². The number of nitrogens with one attached hydrogen (secondary N) is 1. The summed E-state index contributed by atoms with van der Waals surface area (Å²) in [6.45, 7) is 0. The largest absolute Gasteiger partial charge is 0.396 e. The minimum absolute atomic E-state index is 0.591. The van der Waals surface area contributed by atoms with Gasteiger partial charge in [0.15, 0.2) is 5.65 Å². The second-order valence-corrected chi connectivity index (χ2v) is 6.47. The molecule has 4 aromatic rings. The maximum Gasteiger partial charge on any atom is 0.206 e. The number of amides is 1. The molecule has 0 saturated carbocycles. The van der Waals surface area contributed by atoms with Gasteiger partial charge in [0, 0.05) is 19.4 Å². The van der Waals surface area contributed by atoms with Gasteiger partial charge in [0.25, 0.3) is 0 Å². The Morgan fingerprint density at radius 1 is 1.07 bits per heavy atom. The maximum absolute atomic E-state index is 9.06. The number of rotatable bonds is 6. The van der Waals surface area contributed by atoms with E-state index in [4.69, 9.17) is 10.5 Å². The standard InChI is InChI=1S/C20H19N5.C2H5NO/c21-17-13-16(10-6-9-15-7-2-1-3-8-15)14-25-20(17)23-19(24-25)18-11-4-5-12-22-18;1-3-2-4/h1-5,7-8,11-14H,6,9-10,21H2;2H,1H3,(H,3,4). The molecule has 0 aliphatic heterocycles. The topological polar surface area (TPSA) is 98.2 Å². The summed E-state index contributed by atoms with van der Waals surface area (Å²) < 4.78 is 1.76. The zero-order chi connectivity index (χ0) is 20.5. The first-order chi connectivity index (χ1) is 14.2. The Balaban J connectivity index is 0.000000552. The van der Waals surface area contributed by atoms with E-state index in [1.807, 2.05) is 36.5 Å². The van der Waals surface area contributed by atoms with E-state index >= 15 is 0 Å². The normalized spacial score (nSPS) is 10.2. The lowest BCUT2D eigenvalue weighted by molar-refractivity contribution is -0.109. The summed E-state index contributed by atoms with van der Waals surface area (Å²) in [6.07, 6.45) is 7.44. The number of hydrogen-bond acceptors (Lipinski definition) is 5. The lowest BCUT2D eigenvalue weighted by Crippen LogP contribution is -1.99. The van der Waals surface area contributed by atoms with Gasteiger partial charge >= 0.3 is 0 Å². The second-order valence-electron chi connectivity index (χ2n) is 6.47. The zero-order valence-electron chi connectivity index (χ0n) is 16.3. The highest BCUT2D eigenvalue weighted by atomic mass is 16.1. The third kappa shape index (κ3) is 5.38. The van der Waals surface area contributed by atoms with Crippen LogP contribution in [0.15, 0.2) is 67.0 Å². The van der Waals surface area contributed by atoms with Crippen LogP contribution in [0.4, 0.5) is 5.69 Å². The van der Waals surface area contributed by atoms with Crippen molar-refractivity contribution >= 4 is 17.7 Å². The predicted molar refractivity (Wildman–Crippen MR) is 114 cm³/mol. The molecule has 0 fully saturated rings. The molecular formula is C22H24N6O. The molecular weight excluding hydrogens is 364 g/mol. The fraction of sp³-hybridized carbons (Fsp3) is 0.182. The molecule has 4 rings (SSSR count). The Morgan fingerprint density at radius 3 is 2.48 bits per heavy atom. The van der Waals surface area contributed by atoms with Crippen molar-refractivity contribution in [2.24, 2.45) is 0 Å². The Labute approximate surface area is 169 Å². The van der Waals surface area contributed by atoms with Gasteiger partial charge in [-0.1, -0.05) is 36.4 Å². The first-order valence-electron chi connectivity index (χ1n) is 9.42. The smallest absolute Gasteiger partial charge is 0.206 e. The molecule has 0 aliphatic rings. The Hall–Kier alpha value is -3.74. The summed E-state index contributed by atoms with van der Waals surface area (Å²) in [5.74, 6) is 0.591. The number of benzene rings is 1. The Kier molecular flexibility index (Phi) is 6.89. The van der Waals surface area contributed by atoms with Gasteiger partial charge in [0.05, 0.1) is 5.69 Å². The molecule has 3 aromatic heterocycles. The summed E-state index contributed by atoms with van der Waals surface area (Å²) in [4.78, 5) is 17.9. The van der Waals surface area contributed by atoms with Crippen LogP contribution in [-0.2, 0) is 17.6 Å². The third-order valence-corrected chi connectivity index (χ3v) is 4.30. The van der Waals surface area contributed by atoms with E-state index in [1.54, 1.807) is 17.8 Å². The number of aromatic nitrogens is 4. The van der Waals surface area contributed by atoms with Crippen molar-refractivity contribution in [2.45, 2.75) is 19.3 Å². The summed E-state index contributed by atoms with van der Waals surface area (Å²) in [7, 11) is 1.56. The van der Waals surface area contributed by atoms with E-state index in [0.717, 1.165) is 25.0 Å². The fourth-order valence-corrected chi connectivity index (χ4v) is 2.95. The van der Waals surface area contributed by atoms with E-state index in [0.29, 0.717) is 23.6 Å². The predicted octanol–water partition coefficient (Wildman–Crippen LogP) is 2.91. The van der Waals surface area contributed by atoms with Gasteiger partial charge < -0.3 is 11.1 Å².